The highest BCUT2D eigenvalue weighted by Crippen LogP contribution is 2.28. The maximum absolute atomic E-state index is 6.72. The van der Waals surface area contributed by atoms with Gasteiger partial charge in [0.25, 0.3) is 0 Å². The molecule has 5 heteroatoms. The second-order valence-electron chi connectivity index (χ2n) is 6.10. The Morgan fingerprint density at radius 3 is 2.35 bits per heavy atom. The van der Waals surface area contributed by atoms with Crippen LogP contribution in [-0.4, -0.2) is 25.3 Å². The van der Waals surface area contributed by atoms with Crippen LogP contribution < -0.4 is 0 Å². The minimum Gasteiger partial charge on any atom is -0.407 e. The molecule has 1 atom stereocenters. The van der Waals surface area contributed by atoms with E-state index in [-0.39, 0.29) is 6.10 Å². The molecule has 0 saturated heterocycles. The van der Waals surface area contributed by atoms with E-state index in [0.717, 1.165) is 28.7 Å². The number of allylic oxidation sites excluding steroid dienone is 1. The van der Waals surface area contributed by atoms with Gasteiger partial charge in [-0.2, -0.15) is 0 Å². The van der Waals surface area contributed by atoms with Crippen LogP contribution in [0.3, 0.4) is 0 Å². The van der Waals surface area contributed by atoms with E-state index in [9.17, 15) is 0 Å². The number of hydrogen-bond acceptors (Lipinski definition) is 3. The molecular formula is C18H30ClNOSSi. The molecule has 1 aromatic heterocycles. The summed E-state index contributed by atoms with van der Waals surface area (Å²) < 4.78 is 6.72. The number of halogens is 1. The lowest BCUT2D eigenvalue weighted by molar-refractivity contribution is 0.266. The quantitative estimate of drug-likeness (QED) is 0.283. The lowest BCUT2D eigenvalue weighted by Gasteiger charge is -2.33. The summed E-state index contributed by atoms with van der Waals surface area (Å²) in [6.45, 7) is 13.0. The molecule has 1 aromatic rings. The van der Waals surface area contributed by atoms with E-state index in [1.165, 1.54) is 10.5 Å². The highest BCUT2D eigenvalue weighted by atomic mass is 35.5. The van der Waals surface area contributed by atoms with Crippen molar-refractivity contribution in [3.8, 4) is 0 Å². The first-order valence-electron chi connectivity index (χ1n) is 8.41. The molecule has 2 nitrogen and oxygen atoms in total. The first kappa shape index (κ1) is 20.6. The van der Waals surface area contributed by atoms with Gasteiger partial charge in [-0.3, -0.25) is 0 Å². The molecule has 1 rings (SSSR count). The molecule has 130 valence electrons. The Balaban J connectivity index is 3.11. The maximum Gasteiger partial charge on any atom is 0.193 e. The SMILES string of the molecule is CC[Si](CC)(CC)O[C@@H](/C=C(/C)CCl)/C(C)=C/c1cnc(C)s1. The van der Waals surface area contributed by atoms with Crippen LogP contribution >= 0.6 is 22.9 Å². The largest absolute Gasteiger partial charge is 0.407 e. The fourth-order valence-corrected chi connectivity index (χ4v) is 6.26. The summed E-state index contributed by atoms with van der Waals surface area (Å²) in [5, 5.41) is 1.09. The normalized spacial score (nSPS) is 15.1. The third-order valence-corrected chi connectivity index (χ3v) is 10.3. The van der Waals surface area contributed by atoms with Crippen LogP contribution in [0.5, 0.6) is 0 Å². The van der Waals surface area contributed by atoms with E-state index in [4.69, 9.17) is 16.0 Å². The van der Waals surface area contributed by atoms with Crippen molar-refractivity contribution in [2.24, 2.45) is 0 Å². The number of aryl methyl sites for hydroxylation is 1. The van der Waals surface area contributed by atoms with E-state index in [1.54, 1.807) is 11.3 Å². The second-order valence-corrected chi connectivity index (χ2v) is 12.4. The maximum atomic E-state index is 6.72. The molecule has 0 bridgehead atoms. The van der Waals surface area contributed by atoms with Crippen LogP contribution in [-0.2, 0) is 4.43 Å². The van der Waals surface area contributed by atoms with Crippen molar-refractivity contribution < 1.29 is 4.43 Å². The Morgan fingerprint density at radius 2 is 1.91 bits per heavy atom. The van der Waals surface area contributed by atoms with Crippen molar-refractivity contribution in [3.05, 3.63) is 33.3 Å². The second kappa shape index (κ2) is 9.77. The molecular weight excluding hydrogens is 342 g/mol. The summed E-state index contributed by atoms with van der Waals surface area (Å²) >= 11 is 7.71. The Labute approximate surface area is 151 Å². The zero-order valence-corrected chi connectivity index (χ0v) is 17.9. The molecule has 0 aliphatic heterocycles. The van der Waals surface area contributed by atoms with Crippen LogP contribution in [0.1, 0.15) is 44.5 Å². The Bertz CT molecular complexity index is 541. The van der Waals surface area contributed by atoms with Gasteiger partial charge in [0.15, 0.2) is 8.32 Å². The van der Waals surface area contributed by atoms with Gasteiger partial charge in [-0.25, -0.2) is 4.98 Å². The number of aromatic nitrogens is 1. The molecule has 0 unspecified atom stereocenters. The number of rotatable bonds is 9. The van der Waals surface area contributed by atoms with Gasteiger partial charge in [-0.1, -0.05) is 32.4 Å². The van der Waals surface area contributed by atoms with Crippen molar-refractivity contribution in [2.75, 3.05) is 5.88 Å². The van der Waals surface area contributed by atoms with Gasteiger partial charge in [0.2, 0.25) is 0 Å². The standard InChI is InChI=1S/C18H30ClNOSSi/c1-7-23(8-2,9-3)21-18(10-14(4)12-19)15(5)11-17-13-20-16(6)22-17/h10-11,13,18H,7-9,12H2,1-6H3/b14-10-,15-11+/t18-/m0/s1. The topological polar surface area (TPSA) is 22.1 Å². The molecule has 0 aromatic carbocycles. The van der Waals surface area contributed by atoms with E-state index >= 15 is 0 Å². The van der Waals surface area contributed by atoms with Crippen LogP contribution in [0.15, 0.2) is 23.4 Å². The van der Waals surface area contributed by atoms with Gasteiger partial charge in [0, 0.05) is 17.0 Å². The average Bonchev–Trinajstić information content (AvgIpc) is 2.96. The molecule has 0 fully saturated rings. The van der Waals surface area contributed by atoms with Crippen molar-refractivity contribution in [1.29, 1.82) is 0 Å². The van der Waals surface area contributed by atoms with E-state index < -0.39 is 8.32 Å². The van der Waals surface area contributed by atoms with E-state index in [2.05, 4.69) is 51.8 Å². The van der Waals surface area contributed by atoms with Crippen molar-refractivity contribution in [3.63, 3.8) is 0 Å². The highest BCUT2D eigenvalue weighted by molar-refractivity contribution is 7.12. The number of thiazole rings is 1. The molecule has 0 amide bonds. The van der Waals surface area contributed by atoms with Crippen molar-refractivity contribution in [2.45, 2.75) is 65.8 Å². The summed E-state index contributed by atoms with van der Waals surface area (Å²) in [7, 11) is -1.68. The lowest BCUT2D eigenvalue weighted by atomic mass is 10.1. The minimum atomic E-state index is -1.68. The van der Waals surface area contributed by atoms with Crippen LogP contribution in [0.25, 0.3) is 6.08 Å². The van der Waals surface area contributed by atoms with Gasteiger partial charge >= 0.3 is 0 Å². The smallest absolute Gasteiger partial charge is 0.193 e. The van der Waals surface area contributed by atoms with Crippen LogP contribution in [0, 0.1) is 6.92 Å². The van der Waals surface area contributed by atoms with Crippen LogP contribution in [0.4, 0.5) is 0 Å². The fraction of sp³-hybridized carbons (Fsp3) is 0.611. The Kier molecular flexibility index (Phi) is 8.76. The van der Waals surface area contributed by atoms with Gasteiger partial charge in [0.05, 0.1) is 11.1 Å². The molecule has 23 heavy (non-hydrogen) atoms. The molecule has 0 radical (unpaired) electrons. The van der Waals surface area contributed by atoms with E-state index in [1.807, 2.05) is 13.1 Å². The molecule has 0 spiro atoms. The fourth-order valence-electron chi connectivity index (χ4n) is 2.58. The number of alkyl halides is 1. The van der Waals surface area contributed by atoms with E-state index in [0.29, 0.717) is 5.88 Å². The number of hydrogen-bond donors (Lipinski definition) is 0. The van der Waals surface area contributed by atoms with Crippen LogP contribution in [0.2, 0.25) is 18.1 Å². The summed E-state index contributed by atoms with van der Waals surface area (Å²) in [5.74, 6) is 0.547. The molecule has 0 aliphatic rings. The van der Waals surface area contributed by atoms with Crippen molar-refractivity contribution in [1.82, 2.24) is 4.98 Å². The molecule has 0 saturated carbocycles. The third-order valence-electron chi connectivity index (χ3n) is 4.41. The van der Waals surface area contributed by atoms with Gasteiger partial charge in [0.1, 0.15) is 0 Å². The molecule has 0 N–H and O–H groups in total. The summed E-state index contributed by atoms with van der Waals surface area (Å²) in [6.07, 6.45) is 6.34. The van der Waals surface area contributed by atoms with Gasteiger partial charge in [-0.15, -0.1) is 22.9 Å². The summed E-state index contributed by atoms with van der Waals surface area (Å²) in [5.41, 5.74) is 2.39. The van der Waals surface area contributed by atoms with Gasteiger partial charge < -0.3 is 4.43 Å². The molecule has 0 aliphatic carbocycles. The van der Waals surface area contributed by atoms with Gasteiger partial charge in [-0.05, 0) is 50.6 Å². The third kappa shape index (κ3) is 6.18. The molecule has 1 heterocycles. The number of nitrogens with zero attached hydrogens (tertiary/aromatic N) is 1. The zero-order valence-electron chi connectivity index (χ0n) is 15.3. The zero-order chi connectivity index (χ0) is 17.5. The highest BCUT2D eigenvalue weighted by Gasteiger charge is 2.31. The monoisotopic (exact) mass is 371 g/mol. The predicted octanol–water partition coefficient (Wildman–Crippen LogP) is 6.43. The average molecular weight is 372 g/mol. The Hall–Kier alpha value is -0.423. The minimum absolute atomic E-state index is 0.0164. The summed E-state index contributed by atoms with van der Waals surface area (Å²) in [4.78, 5) is 5.52. The predicted molar refractivity (Wildman–Crippen MR) is 107 cm³/mol. The van der Waals surface area contributed by atoms with Crippen molar-refractivity contribution >= 4 is 37.3 Å². The first-order valence-corrected chi connectivity index (χ1v) is 12.3. The lowest BCUT2D eigenvalue weighted by Crippen LogP contribution is -2.39. The Morgan fingerprint density at radius 1 is 1.30 bits per heavy atom. The summed E-state index contributed by atoms with van der Waals surface area (Å²) in [6, 6.07) is 3.45. The first-order chi connectivity index (χ1) is 10.9.